The van der Waals surface area contributed by atoms with Gasteiger partial charge in [0, 0.05) is 30.8 Å². The second-order valence-corrected chi connectivity index (χ2v) is 8.45. The fraction of sp³-hybridized carbons (Fsp3) is 0.350. The fourth-order valence-electron chi connectivity index (χ4n) is 3.03. The minimum absolute atomic E-state index is 0.0394. The van der Waals surface area contributed by atoms with Crippen LogP contribution in [0.5, 0.6) is 5.75 Å². The summed E-state index contributed by atoms with van der Waals surface area (Å²) in [6.45, 7) is -2.26. The summed E-state index contributed by atoms with van der Waals surface area (Å²) in [7, 11) is -3.80. The highest BCUT2D eigenvalue weighted by molar-refractivity contribution is 7.89. The zero-order valence-corrected chi connectivity index (χ0v) is 16.8. The van der Waals surface area contributed by atoms with Crippen LogP contribution in [0.2, 0.25) is 0 Å². The van der Waals surface area contributed by atoms with Crippen LogP contribution >= 0.6 is 0 Å². The normalized spacial score (nSPS) is 16.6. The van der Waals surface area contributed by atoms with Crippen LogP contribution in [0.25, 0.3) is 0 Å². The van der Waals surface area contributed by atoms with Crippen LogP contribution in [-0.2, 0) is 21.3 Å². The summed E-state index contributed by atoms with van der Waals surface area (Å²) in [6, 6.07) is 11.7. The minimum Gasteiger partial charge on any atom is -0.434 e. The lowest BCUT2D eigenvalue weighted by Gasteiger charge is -2.13. The molecule has 3 rings (SSSR count). The Kier molecular flexibility index (Phi) is 7.35. The molecule has 2 aromatic rings. The summed E-state index contributed by atoms with van der Waals surface area (Å²) in [5.41, 5.74) is 0.496. The Labute approximate surface area is 173 Å². The summed E-state index contributed by atoms with van der Waals surface area (Å²) in [5, 5.41) is 2.59. The predicted molar refractivity (Wildman–Crippen MR) is 105 cm³/mol. The highest BCUT2D eigenvalue weighted by Gasteiger charge is 2.21. The molecule has 1 aliphatic rings. The van der Waals surface area contributed by atoms with E-state index in [-0.39, 0.29) is 35.4 Å². The summed E-state index contributed by atoms with van der Waals surface area (Å²) in [5.74, 6) is -0.583. The number of carbonyl (C=O) groups excluding carboxylic acids is 1. The Balaban J connectivity index is 1.64. The number of hydrogen-bond acceptors (Lipinski definition) is 5. The lowest BCUT2D eigenvalue weighted by atomic mass is 10.1. The molecule has 0 aliphatic carbocycles. The van der Waals surface area contributed by atoms with Crippen molar-refractivity contribution in [2.45, 2.75) is 37.0 Å². The fourth-order valence-corrected chi connectivity index (χ4v) is 4.15. The van der Waals surface area contributed by atoms with Crippen LogP contribution in [0.1, 0.15) is 28.8 Å². The molecule has 1 saturated heterocycles. The van der Waals surface area contributed by atoms with Crippen molar-refractivity contribution in [2.75, 3.05) is 13.2 Å². The number of ether oxygens (including phenoxy) is 2. The topological polar surface area (TPSA) is 93.7 Å². The molecule has 30 heavy (non-hydrogen) atoms. The van der Waals surface area contributed by atoms with Crippen molar-refractivity contribution in [1.29, 1.82) is 0 Å². The molecule has 0 unspecified atom stereocenters. The Bertz CT molecular complexity index is 979. The van der Waals surface area contributed by atoms with Gasteiger partial charge in [-0.15, -0.1) is 0 Å². The van der Waals surface area contributed by atoms with E-state index in [4.69, 9.17) is 4.74 Å². The van der Waals surface area contributed by atoms with Crippen LogP contribution in [0.4, 0.5) is 8.78 Å². The maximum Gasteiger partial charge on any atom is 0.387 e. The number of sulfonamides is 1. The van der Waals surface area contributed by atoms with Crippen LogP contribution in [0, 0.1) is 0 Å². The minimum atomic E-state index is -3.80. The number of carbonyl (C=O) groups is 1. The van der Waals surface area contributed by atoms with Crippen molar-refractivity contribution in [2.24, 2.45) is 0 Å². The Morgan fingerprint density at radius 3 is 2.73 bits per heavy atom. The number of halogens is 2. The number of rotatable bonds is 9. The molecular formula is C20H22F2N2O5S. The van der Waals surface area contributed by atoms with Crippen LogP contribution in [0.15, 0.2) is 53.4 Å². The van der Waals surface area contributed by atoms with E-state index in [1.54, 1.807) is 18.2 Å². The summed E-state index contributed by atoms with van der Waals surface area (Å²) in [6.07, 6.45) is 1.54. The molecule has 1 heterocycles. The second-order valence-electron chi connectivity index (χ2n) is 6.68. The molecule has 2 aromatic carbocycles. The van der Waals surface area contributed by atoms with Gasteiger partial charge in [0.2, 0.25) is 10.0 Å². The van der Waals surface area contributed by atoms with Gasteiger partial charge in [0.15, 0.2) is 0 Å². The molecule has 0 radical (unpaired) electrons. The van der Waals surface area contributed by atoms with Gasteiger partial charge in [-0.05, 0) is 37.1 Å². The molecule has 1 amide bonds. The Morgan fingerprint density at radius 1 is 1.20 bits per heavy atom. The van der Waals surface area contributed by atoms with Crippen LogP contribution in [-0.4, -0.2) is 40.2 Å². The van der Waals surface area contributed by atoms with Crippen molar-refractivity contribution in [3.8, 4) is 5.75 Å². The molecule has 0 bridgehead atoms. The molecule has 1 atom stereocenters. The lowest BCUT2D eigenvalue weighted by molar-refractivity contribution is -0.0504. The van der Waals surface area contributed by atoms with E-state index < -0.39 is 22.5 Å². The monoisotopic (exact) mass is 440 g/mol. The Hall–Kier alpha value is -2.56. The average Bonchev–Trinajstić information content (AvgIpc) is 3.25. The van der Waals surface area contributed by atoms with Crippen molar-refractivity contribution >= 4 is 15.9 Å². The van der Waals surface area contributed by atoms with Gasteiger partial charge in [0.05, 0.1) is 11.0 Å². The third-order valence-electron chi connectivity index (χ3n) is 4.56. The van der Waals surface area contributed by atoms with Gasteiger partial charge in [-0.3, -0.25) is 4.79 Å². The van der Waals surface area contributed by atoms with E-state index in [0.29, 0.717) is 12.2 Å². The zero-order valence-electron chi connectivity index (χ0n) is 16.0. The van der Waals surface area contributed by atoms with Crippen molar-refractivity contribution in [3.05, 3.63) is 59.7 Å². The highest BCUT2D eigenvalue weighted by atomic mass is 32.2. The maximum atomic E-state index is 12.5. The van der Waals surface area contributed by atoms with Crippen molar-refractivity contribution < 1.29 is 31.5 Å². The lowest BCUT2D eigenvalue weighted by Crippen LogP contribution is -2.32. The number of hydrogen-bond donors (Lipinski definition) is 2. The number of para-hydroxylation sites is 1. The summed E-state index contributed by atoms with van der Waals surface area (Å²) in [4.78, 5) is 12.4. The molecule has 1 aliphatic heterocycles. The quantitative estimate of drug-likeness (QED) is 0.625. The molecule has 0 saturated carbocycles. The van der Waals surface area contributed by atoms with Gasteiger partial charge in [-0.25, -0.2) is 13.1 Å². The van der Waals surface area contributed by atoms with Gasteiger partial charge in [-0.2, -0.15) is 8.78 Å². The standard InChI is InChI=1S/C20H22F2N2O5S/c21-20(22)29-18-9-2-1-5-15(18)12-23-19(25)14-6-3-8-17(11-14)30(26,27)24-13-16-7-4-10-28-16/h1-3,5-6,8-9,11,16,20,24H,4,7,10,12-13H2,(H,23,25)/t16-/m1/s1. The Morgan fingerprint density at radius 2 is 2.00 bits per heavy atom. The SMILES string of the molecule is O=C(NCc1ccccc1OC(F)F)c1cccc(S(=O)(=O)NC[C@H]2CCCO2)c1. The van der Waals surface area contributed by atoms with Gasteiger partial charge in [0.25, 0.3) is 5.91 Å². The molecule has 10 heteroatoms. The molecule has 1 fully saturated rings. The molecule has 0 spiro atoms. The third-order valence-corrected chi connectivity index (χ3v) is 5.98. The van der Waals surface area contributed by atoms with Gasteiger partial charge < -0.3 is 14.8 Å². The zero-order chi connectivity index (χ0) is 21.6. The first-order valence-corrected chi connectivity index (χ1v) is 10.9. The maximum absolute atomic E-state index is 12.5. The van der Waals surface area contributed by atoms with Crippen molar-refractivity contribution in [1.82, 2.24) is 10.0 Å². The van der Waals surface area contributed by atoms with Crippen LogP contribution < -0.4 is 14.8 Å². The molecular weight excluding hydrogens is 418 g/mol. The average molecular weight is 440 g/mol. The number of amides is 1. The van der Waals surface area contributed by atoms with E-state index in [9.17, 15) is 22.0 Å². The second kappa shape index (κ2) is 9.96. The van der Waals surface area contributed by atoms with Crippen molar-refractivity contribution in [3.63, 3.8) is 0 Å². The van der Waals surface area contributed by atoms with E-state index in [2.05, 4.69) is 14.8 Å². The first kappa shape index (κ1) is 22.1. The van der Waals surface area contributed by atoms with E-state index in [1.807, 2.05) is 0 Å². The predicted octanol–water partition coefficient (Wildman–Crippen LogP) is 2.68. The first-order valence-electron chi connectivity index (χ1n) is 9.37. The summed E-state index contributed by atoms with van der Waals surface area (Å²) < 4.78 is 62.3. The van der Waals surface area contributed by atoms with E-state index >= 15 is 0 Å². The molecule has 162 valence electrons. The van der Waals surface area contributed by atoms with Gasteiger partial charge in [0.1, 0.15) is 5.75 Å². The molecule has 0 aromatic heterocycles. The number of nitrogens with one attached hydrogen (secondary N) is 2. The smallest absolute Gasteiger partial charge is 0.387 e. The first-order chi connectivity index (χ1) is 14.3. The van der Waals surface area contributed by atoms with Crippen LogP contribution in [0.3, 0.4) is 0 Å². The summed E-state index contributed by atoms with van der Waals surface area (Å²) >= 11 is 0. The van der Waals surface area contributed by atoms with Gasteiger partial charge >= 0.3 is 6.61 Å². The molecule has 7 nitrogen and oxygen atoms in total. The largest absolute Gasteiger partial charge is 0.434 e. The highest BCUT2D eigenvalue weighted by Crippen LogP contribution is 2.20. The third kappa shape index (κ3) is 5.97. The van der Waals surface area contributed by atoms with E-state index in [0.717, 1.165) is 12.8 Å². The van der Waals surface area contributed by atoms with Gasteiger partial charge in [-0.1, -0.05) is 24.3 Å². The number of alkyl halides is 2. The van der Waals surface area contributed by atoms with E-state index in [1.165, 1.54) is 30.3 Å². The number of benzene rings is 2. The molecule has 2 N–H and O–H groups in total.